The van der Waals surface area contributed by atoms with Gasteiger partial charge in [-0.2, -0.15) is 0 Å². The van der Waals surface area contributed by atoms with Crippen molar-refractivity contribution in [2.75, 3.05) is 26.9 Å². The minimum atomic E-state index is -0.743. The molecule has 7 heteroatoms. The lowest BCUT2D eigenvalue weighted by Gasteiger charge is -2.25. The number of nitrogens with zero attached hydrogens (tertiary/aromatic N) is 1. The van der Waals surface area contributed by atoms with Crippen LogP contribution in [-0.2, 0) is 20.7 Å². The van der Waals surface area contributed by atoms with Crippen LogP contribution in [-0.4, -0.2) is 54.7 Å². The second-order valence-electron chi connectivity index (χ2n) is 9.07. The van der Waals surface area contributed by atoms with Gasteiger partial charge < -0.3 is 24.2 Å². The Hall–Kier alpha value is -3.32. The number of benzene rings is 2. The Morgan fingerprint density at radius 2 is 1.97 bits per heavy atom. The Labute approximate surface area is 206 Å². The van der Waals surface area contributed by atoms with E-state index in [-0.39, 0.29) is 30.6 Å². The van der Waals surface area contributed by atoms with E-state index in [4.69, 9.17) is 14.2 Å². The van der Waals surface area contributed by atoms with Gasteiger partial charge in [-0.25, -0.2) is 0 Å². The normalized spacial score (nSPS) is 20.7. The van der Waals surface area contributed by atoms with E-state index in [1.165, 1.54) is 4.90 Å². The molecular formula is C28H33NO6. The number of hydrogen-bond acceptors (Lipinski definition) is 6. The van der Waals surface area contributed by atoms with Crippen molar-refractivity contribution < 1.29 is 28.9 Å². The number of hydrogen-bond donors (Lipinski definition) is 1. The van der Waals surface area contributed by atoms with Gasteiger partial charge >= 0.3 is 0 Å². The summed E-state index contributed by atoms with van der Waals surface area (Å²) in [7, 11) is 1.55. The lowest BCUT2D eigenvalue weighted by Crippen LogP contribution is -2.32. The van der Waals surface area contributed by atoms with Crippen LogP contribution in [0.1, 0.15) is 55.8 Å². The Balaban J connectivity index is 1.73. The summed E-state index contributed by atoms with van der Waals surface area (Å²) in [4.78, 5) is 27.7. The van der Waals surface area contributed by atoms with Crippen LogP contribution in [0.15, 0.2) is 48.0 Å². The monoisotopic (exact) mass is 479 g/mol. The first-order valence-corrected chi connectivity index (χ1v) is 12.2. The Morgan fingerprint density at radius 3 is 2.74 bits per heavy atom. The maximum Gasteiger partial charge on any atom is 0.295 e. The molecule has 0 aliphatic carbocycles. The minimum Gasteiger partial charge on any atom is -0.507 e. The third-order valence-corrected chi connectivity index (χ3v) is 6.44. The number of aliphatic hydroxyl groups excluding tert-OH is 1. The fraction of sp³-hybridized carbons (Fsp3) is 0.429. The van der Waals surface area contributed by atoms with Crippen molar-refractivity contribution in [2.45, 2.75) is 51.7 Å². The van der Waals surface area contributed by atoms with Crippen molar-refractivity contribution >= 4 is 17.4 Å². The van der Waals surface area contributed by atoms with Crippen molar-refractivity contribution in [1.29, 1.82) is 0 Å². The number of aliphatic hydroxyl groups is 1. The van der Waals surface area contributed by atoms with Crippen molar-refractivity contribution in [2.24, 2.45) is 0 Å². The highest BCUT2D eigenvalue weighted by molar-refractivity contribution is 6.46. The number of fused-ring (bicyclic) bond motifs is 1. The van der Waals surface area contributed by atoms with Crippen LogP contribution in [0.25, 0.3) is 5.76 Å². The van der Waals surface area contributed by atoms with Gasteiger partial charge in [-0.1, -0.05) is 31.9 Å². The average Bonchev–Trinajstić information content (AvgIpc) is 3.35. The molecule has 2 aliphatic rings. The van der Waals surface area contributed by atoms with Crippen LogP contribution in [0.5, 0.6) is 11.5 Å². The summed E-state index contributed by atoms with van der Waals surface area (Å²) in [6, 6.07) is 12.0. The van der Waals surface area contributed by atoms with Crippen LogP contribution >= 0.6 is 0 Å². The number of ether oxygens (including phenoxy) is 3. The van der Waals surface area contributed by atoms with Crippen molar-refractivity contribution in [3.8, 4) is 11.5 Å². The molecule has 2 heterocycles. The zero-order valence-corrected chi connectivity index (χ0v) is 20.6. The number of rotatable bonds is 10. The molecule has 4 rings (SSSR count). The molecule has 1 amide bonds. The van der Waals surface area contributed by atoms with Gasteiger partial charge in [0.25, 0.3) is 11.7 Å². The smallest absolute Gasteiger partial charge is 0.295 e. The van der Waals surface area contributed by atoms with Crippen LogP contribution < -0.4 is 9.47 Å². The molecular weight excluding hydrogens is 446 g/mol. The summed E-state index contributed by atoms with van der Waals surface area (Å²) >= 11 is 0. The van der Waals surface area contributed by atoms with Gasteiger partial charge in [0.2, 0.25) is 0 Å². The number of carbonyl (C=O) groups excluding carboxylic acids is 2. The highest BCUT2D eigenvalue weighted by Gasteiger charge is 2.46. The maximum absolute atomic E-state index is 13.2. The summed E-state index contributed by atoms with van der Waals surface area (Å²) in [6.07, 6.45) is 3.92. The summed E-state index contributed by atoms with van der Waals surface area (Å²) in [5.74, 6) is -0.104. The third-order valence-electron chi connectivity index (χ3n) is 6.44. The number of Topliss-reactive ketones (excluding diaryl/α,β-unsaturated/α-hetero) is 1. The maximum atomic E-state index is 13.2. The highest BCUT2D eigenvalue weighted by atomic mass is 16.5. The largest absolute Gasteiger partial charge is 0.507 e. The molecule has 0 radical (unpaired) electrons. The van der Waals surface area contributed by atoms with Crippen LogP contribution in [0, 0.1) is 0 Å². The van der Waals surface area contributed by atoms with Gasteiger partial charge in [-0.05, 0) is 54.8 Å². The lowest BCUT2D eigenvalue weighted by atomic mass is 9.94. The molecule has 35 heavy (non-hydrogen) atoms. The first-order valence-electron chi connectivity index (χ1n) is 12.2. The van der Waals surface area contributed by atoms with Gasteiger partial charge in [0, 0.05) is 25.6 Å². The van der Waals surface area contributed by atoms with Gasteiger partial charge in [-0.15, -0.1) is 0 Å². The molecule has 2 aromatic rings. The first kappa shape index (κ1) is 24.8. The molecule has 186 valence electrons. The first-order chi connectivity index (χ1) is 16.9. The molecule has 1 fully saturated rings. The lowest BCUT2D eigenvalue weighted by molar-refractivity contribution is -0.140. The fourth-order valence-electron chi connectivity index (χ4n) is 4.69. The molecule has 2 unspecified atom stereocenters. The van der Waals surface area contributed by atoms with E-state index < -0.39 is 17.7 Å². The quantitative estimate of drug-likeness (QED) is 0.231. The average molecular weight is 480 g/mol. The van der Waals surface area contributed by atoms with Gasteiger partial charge in [-0.3, -0.25) is 9.59 Å². The molecule has 2 atom stereocenters. The molecule has 2 aromatic carbocycles. The summed E-state index contributed by atoms with van der Waals surface area (Å²) < 4.78 is 16.9. The second-order valence-corrected chi connectivity index (χ2v) is 9.07. The van der Waals surface area contributed by atoms with Crippen molar-refractivity contribution in [3.05, 3.63) is 64.7 Å². The molecule has 1 saturated heterocycles. The molecule has 7 nitrogen and oxygen atoms in total. The molecule has 2 aliphatic heterocycles. The number of carbonyl (C=O) groups is 2. The number of amides is 1. The third kappa shape index (κ3) is 5.20. The minimum absolute atomic E-state index is 0.0575. The Morgan fingerprint density at radius 1 is 1.14 bits per heavy atom. The fourth-order valence-corrected chi connectivity index (χ4v) is 4.69. The summed E-state index contributed by atoms with van der Waals surface area (Å²) in [6.45, 7) is 5.21. The van der Waals surface area contributed by atoms with E-state index >= 15 is 0 Å². The second kappa shape index (κ2) is 11.0. The van der Waals surface area contributed by atoms with E-state index in [2.05, 4.69) is 6.92 Å². The van der Waals surface area contributed by atoms with Crippen molar-refractivity contribution in [3.63, 3.8) is 0 Å². The summed E-state index contributed by atoms with van der Waals surface area (Å²) in [5, 5.41) is 11.3. The number of methoxy groups -OCH3 is 1. The van der Waals surface area contributed by atoms with E-state index in [9.17, 15) is 14.7 Å². The van der Waals surface area contributed by atoms with E-state index in [1.807, 2.05) is 37.3 Å². The van der Waals surface area contributed by atoms with E-state index in [0.717, 1.165) is 37.0 Å². The molecule has 0 bridgehead atoms. The van der Waals surface area contributed by atoms with E-state index in [1.54, 1.807) is 19.2 Å². The van der Waals surface area contributed by atoms with Crippen LogP contribution in [0.3, 0.4) is 0 Å². The number of likely N-dealkylation sites (tertiary alicyclic amines) is 1. The zero-order chi connectivity index (χ0) is 24.9. The zero-order valence-electron chi connectivity index (χ0n) is 20.6. The predicted molar refractivity (Wildman–Crippen MR) is 133 cm³/mol. The van der Waals surface area contributed by atoms with Crippen LogP contribution in [0.4, 0.5) is 0 Å². The predicted octanol–water partition coefficient (Wildman–Crippen LogP) is 4.65. The number of ketones is 1. The van der Waals surface area contributed by atoms with Crippen molar-refractivity contribution in [1.82, 2.24) is 4.90 Å². The van der Waals surface area contributed by atoms with Gasteiger partial charge in [0.05, 0.1) is 24.8 Å². The number of unbranched alkanes of at least 4 members (excludes halogenated alkanes) is 2. The molecule has 0 saturated carbocycles. The summed E-state index contributed by atoms with van der Waals surface area (Å²) in [5.41, 5.74) is 2.23. The molecule has 1 N–H and O–H groups in total. The topological polar surface area (TPSA) is 85.3 Å². The van der Waals surface area contributed by atoms with Crippen LogP contribution in [0.2, 0.25) is 0 Å². The van der Waals surface area contributed by atoms with E-state index in [0.29, 0.717) is 23.5 Å². The van der Waals surface area contributed by atoms with Gasteiger partial charge in [0.15, 0.2) is 0 Å². The Bertz CT molecular complexity index is 1120. The molecule has 0 spiro atoms. The SMILES string of the molecule is CCCCCOc1cccc(C2/C(=C(/O)c3ccc4c(c3)CC(C)O4)C(=O)C(=O)N2CCOC)c1. The highest BCUT2D eigenvalue weighted by Crippen LogP contribution is 2.41. The Kier molecular flexibility index (Phi) is 7.76. The molecule has 0 aromatic heterocycles. The standard InChI is InChI=1S/C28H33NO6/c1-4-5-6-13-34-22-9-7-8-19(17-22)25-24(27(31)28(32)29(25)12-14-33-3)26(30)20-10-11-23-21(16-20)15-18(2)35-23/h7-11,16-18,25,30H,4-6,12-15H2,1-3H3/b26-24-. The van der Waals surface area contributed by atoms with Gasteiger partial charge in [0.1, 0.15) is 23.4 Å².